The van der Waals surface area contributed by atoms with E-state index in [-0.39, 0.29) is 5.91 Å². The monoisotopic (exact) mass is 356 g/mol. The Labute approximate surface area is 153 Å². The molecule has 1 aliphatic rings. The highest BCUT2D eigenvalue weighted by Crippen LogP contribution is 2.16. The lowest BCUT2D eigenvalue weighted by Crippen LogP contribution is -2.44. The Morgan fingerprint density at radius 1 is 1.16 bits per heavy atom. The number of amides is 1. The van der Waals surface area contributed by atoms with E-state index in [4.69, 9.17) is 0 Å². The fourth-order valence-electron chi connectivity index (χ4n) is 2.81. The Bertz CT molecular complexity index is 712. The minimum Gasteiger partial charge on any atom is -0.354 e. The molecule has 6 heteroatoms. The Morgan fingerprint density at radius 3 is 2.56 bits per heavy atom. The lowest BCUT2D eigenvalue weighted by Gasteiger charge is -2.33. The van der Waals surface area contributed by atoms with Gasteiger partial charge >= 0.3 is 0 Å². The van der Waals surface area contributed by atoms with Crippen molar-refractivity contribution in [1.29, 1.82) is 0 Å². The Hall–Kier alpha value is -2.05. The molecule has 1 aromatic carbocycles. The SMILES string of the molecule is CSc1ccc(C(=O)NCc2ccnc(N3CCN(C)CC3)c2)cc1. The van der Waals surface area contributed by atoms with Crippen molar-refractivity contribution in [3.05, 3.63) is 53.7 Å². The Balaban J connectivity index is 1.59. The lowest BCUT2D eigenvalue weighted by atomic mass is 10.2. The highest BCUT2D eigenvalue weighted by molar-refractivity contribution is 7.98. The number of nitrogens with zero attached hydrogens (tertiary/aromatic N) is 3. The third-order valence-corrected chi connectivity index (χ3v) is 5.19. The summed E-state index contributed by atoms with van der Waals surface area (Å²) in [6, 6.07) is 11.7. The molecule has 0 radical (unpaired) electrons. The lowest BCUT2D eigenvalue weighted by molar-refractivity contribution is 0.0951. The second-order valence-electron chi connectivity index (χ2n) is 6.22. The highest BCUT2D eigenvalue weighted by atomic mass is 32.2. The number of benzene rings is 1. The van der Waals surface area contributed by atoms with Gasteiger partial charge < -0.3 is 15.1 Å². The van der Waals surface area contributed by atoms with Crippen molar-refractivity contribution in [3.8, 4) is 0 Å². The van der Waals surface area contributed by atoms with Crippen LogP contribution in [0.25, 0.3) is 0 Å². The standard InChI is InChI=1S/C19H24N4OS/c1-22-9-11-23(12-10-22)18-13-15(7-8-20-18)14-21-19(24)16-3-5-17(25-2)6-4-16/h3-8,13H,9-12,14H2,1-2H3,(H,21,24). The molecule has 1 aliphatic heterocycles. The van der Waals surface area contributed by atoms with Crippen LogP contribution in [0.3, 0.4) is 0 Å². The zero-order valence-electron chi connectivity index (χ0n) is 14.7. The highest BCUT2D eigenvalue weighted by Gasteiger charge is 2.15. The van der Waals surface area contributed by atoms with E-state index < -0.39 is 0 Å². The van der Waals surface area contributed by atoms with Crippen LogP contribution >= 0.6 is 11.8 Å². The number of hydrogen-bond donors (Lipinski definition) is 1. The Morgan fingerprint density at radius 2 is 1.88 bits per heavy atom. The number of likely N-dealkylation sites (N-methyl/N-ethyl adjacent to an activating group) is 1. The summed E-state index contributed by atoms with van der Waals surface area (Å²) >= 11 is 1.67. The molecule has 1 saturated heterocycles. The van der Waals surface area contributed by atoms with Crippen molar-refractivity contribution < 1.29 is 4.79 Å². The zero-order valence-corrected chi connectivity index (χ0v) is 15.6. The molecule has 0 unspecified atom stereocenters. The van der Waals surface area contributed by atoms with E-state index in [0.29, 0.717) is 12.1 Å². The number of carbonyl (C=O) groups is 1. The van der Waals surface area contributed by atoms with Crippen LogP contribution in [0, 0.1) is 0 Å². The van der Waals surface area contributed by atoms with Crippen molar-refractivity contribution >= 4 is 23.5 Å². The third-order valence-electron chi connectivity index (χ3n) is 4.44. The minimum atomic E-state index is -0.0504. The van der Waals surface area contributed by atoms with Crippen molar-refractivity contribution in [2.45, 2.75) is 11.4 Å². The summed E-state index contributed by atoms with van der Waals surface area (Å²) in [6.07, 6.45) is 3.85. The van der Waals surface area contributed by atoms with Crippen molar-refractivity contribution in [2.24, 2.45) is 0 Å². The maximum absolute atomic E-state index is 12.3. The summed E-state index contributed by atoms with van der Waals surface area (Å²) in [5.74, 6) is 0.940. The van der Waals surface area contributed by atoms with Gasteiger partial charge in [-0.15, -0.1) is 11.8 Å². The molecule has 0 saturated carbocycles. The molecule has 1 aromatic heterocycles. The van der Waals surface area contributed by atoms with E-state index >= 15 is 0 Å². The molecule has 2 heterocycles. The van der Waals surface area contributed by atoms with E-state index in [1.807, 2.05) is 42.8 Å². The summed E-state index contributed by atoms with van der Waals surface area (Å²) in [7, 11) is 2.14. The molecule has 132 valence electrons. The quantitative estimate of drug-likeness (QED) is 0.834. The number of piperazine rings is 1. The molecular weight excluding hydrogens is 332 g/mol. The first-order valence-electron chi connectivity index (χ1n) is 8.46. The van der Waals surface area contributed by atoms with E-state index in [1.54, 1.807) is 11.8 Å². The van der Waals surface area contributed by atoms with Crippen molar-refractivity contribution in [1.82, 2.24) is 15.2 Å². The van der Waals surface area contributed by atoms with Gasteiger partial charge in [0.1, 0.15) is 5.82 Å². The van der Waals surface area contributed by atoms with Gasteiger partial charge in [-0.2, -0.15) is 0 Å². The second-order valence-corrected chi connectivity index (χ2v) is 7.10. The first-order valence-corrected chi connectivity index (χ1v) is 9.69. The summed E-state index contributed by atoms with van der Waals surface area (Å²) in [6.45, 7) is 4.58. The summed E-state index contributed by atoms with van der Waals surface area (Å²) in [5, 5.41) is 2.99. The van der Waals surface area contributed by atoms with Crippen molar-refractivity contribution in [3.63, 3.8) is 0 Å². The van der Waals surface area contributed by atoms with Crippen LogP contribution < -0.4 is 10.2 Å². The maximum Gasteiger partial charge on any atom is 0.251 e. The van der Waals surface area contributed by atoms with Gasteiger partial charge in [0.25, 0.3) is 5.91 Å². The molecule has 2 aromatic rings. The summed E-state index contributed by atoms with van der Waals surface area (Å²) in [5.41, 5.74) is 1.75. The number of thioether (sulfide) groups is 1. The largest absolute Gasteiger partial charge is 0.354 e. The molecule has 1 amide bonds. The van der Waals surface area contributed by atoms with Crippen LogP contribution in [0.15, 0.2) is 47.5 Å². The van der Waals surface area contributed by atoms with E-state index in [1.165, 1.54) is 0 Å². The minimum absolute atomic E-state index is 0.0504. The molecule has 25 heavy (non-hydrogen) atoms. The van der Waals surface area contributed by atoms with Crippen LogP contribution in [0.1, 0.15) is 15.9 Å². The van der Waals surface area contributed by atoms with Gasteiger partial charge in [0.2, 0.25) is 0 Å². The smallest absolute Gasteiger partial charge is 0.251 e. The van der Waals surface area contributed by atoms with Gasteiger partial charge in [-0.05, 0) is 55.3 Å². The number of nitrogens with one attached hydrogen (secondary N) is 1. The van der Waals surface area contributed by atoms with Crippen molar-refractivity contribution in [2.75, 3.05) is 44.4 Å². The normalized spacial score (nSPS) is 15.2. The van der Waals surface area contributed by atoms with Gasteiger partial charge in [-0.1, -0.05) is 0 Å². The second kappa shape index (κ2) is 8.36. The first kappa shape index (κ1) is 17.8. The predicted molar refractivity (Wildman–Crippen MR) is 103 cm³/mol. The van der Waals surface area contributed by atoms with E-state index in [2.05, 4.69) is 33.2 Å². The molecule has 5 nitrogen and oxygen atoms in total. The molecule has 0 spiro atoms. The van der Waals surface area contributed by atoms with E-state index in [0.717, 1.165) is 42.5 Å². The molecule has 0 atom stereocenters. The topological polar surface area (TPSA) is 48.5 Å². The fraction of sp³-hybridized carbons (Fsp3) is 0.368. The van der Waals surface area contributed by atoms with Gasteiger partial charge in [0, 0.05) is 49.4 Å². The average molecular weight is 356 g/mol. The van der Waals surface area contributed by atoms with Gasteiger partial charge in [0.15, 0.2) is 0 Å². The molecule has 3 rings (SSSR count). The van der Waals surface area contributed by atoms with Crippen LogP contribution in [0.2, 0.25) is 0 Å². The van der Waals surface area contributed by atoms with Gasteiger partial charge in [-0.25, -0.2) is 4.98 Å². The number of carbonyl (C=O) groups excluding carboxylic acids is 1. The molecule has 0 aliphatic carbocycles. The van der Waals surface area contributed by atoms with Gasteiger partial charge in [0.05, 0.1) is 0 Å². The number of pyridine rings is 1. The first-order chi connectivity index (χ1) is 12.2. The number of anilines is 1. The number of aromatic nitrogens is 1. The third kappa shape index (κ3) is 4.74. The Kier molecular flexibility index (Phi) is 5.94. The zero-order chi connectivity index (χ0) is 17.6. The molecule has 1 fully saturated rings. The maximum atomic E-state index is 12.3. The van der Waals surface area contributed by atoms with Gasteiger partial charge in [-0.3, -0.25) is 4.79 Å². The number of rotatable bonds is 5. The van der Waals surface area contributed by atoms with Crippen LogP contribution in [-0.2, 0) is 6.54 Å². The summed E-state index contributed by atoms with van der Waals surface area (Å²) < 4.78 is 0. The summed E-state index contributed by atoms with van der Waals surface area (Å²) in [4.78, 5) is 22.6. The average Bonchev–Trinajstić information content (AvgIpc) is 2.67. The van der Waals surface area contributed by atoms with Crippen LogP contribution in [-0.4, -0.2) is 55.3 Å². The number of hydrogen-bond acceptors (Lipinski definition) is 5. The van der Waals surface area contributed by atoms with Crippen LogP contribution in [0.5, 0.6) is 0 Å². The molecular formula is C19H24N4OS. The van der Waals surface area contributed by atoms with E-state index in [9.17, 15) is 4.79 Å². The predicted octanol–water partition coefficient (Wildman–Crippen LogP) is 2.49. The van der Waals surface area contributed by atoms with Crippen LogP contribution in [0.4, 0.5) is 5.82 Å². The molecule has 0 bridgehead atoms. The fourth-order valence-corrected chi connectivity index (χ4v) is 3.21. The molecule has 1 N–H and O–H groups in total.